The van der Waals surface area contributed by atoms with Crippen molar-refractivity contribution in [2.75, 3.05) is 26.8 Å². The van der Waals surface area contributed by atoms with Crippen molar-refractivity contribution in [3.63, 3.8) is 0 Å². The van der Waals surface area contributed by atoms with Crippen LogP contribution in [0.4, 0.5) is 4.79 Å². The Bertz CT molecular complexity index is 617. The number of carbonyl (C=O) groups is 1. The van der Waals surface area contributed by atoms with Gasteiger partial charge in [-0.25, -0.2) is 4.79 Å². The van der Waals surface area contributed by atoms with Crippen LogP contribution in [0.15, 0.2) is 11.6 Å². The van der Waals surface area contributed by atoms with Crippen molar-refractivity contribution in [1.82, 2.24) is 5.32 Å². The summed E-state index contributed by atoms with van der Waals surface area (Å²) in [5.74, 6) is 0.0494. The molecule has 1 saturated carbocycles. The van der Waals surface area contributed by atoms with E-state index in [1.165, 1.54) is 5.57 Å². The molecule has 3 aliphatic rings. The van der Waals surface area contributed by atoms with Crippen LogP contribution in [0.1, 0.15) is 65.7 Å². The number of amides is 1. The summed E-state index contributed by atoms with van der Waals surface area (Å²) in [4.78, 5) is 12.4. The van der Waals surface area contributed by atoms with E-state index in [0.717, 1.165) is 58.1 Å². The van der Waals surface area contributed by atoms with E-state index in [1.807, 2.05) is 0 Å². The molecule has 172 valence electrons. The Balaban J connectivity index is 1.56. The smallest absolute Gasteiger partial charge is 0.407 e. The lowest BCUT2D eigenvalue weighted by Gasteiger charge is -2.42. The van der Waals surface area contributed by atoms with E-state index in [0.29, 0.717) is 6.54 Å². The standard InChI is InChI=1S/C23H40N2O5/c1-16(2)9-10-18-22(3,30-18)20-19(27-4)17(11-12-23(20)15-28-23)29-21(26)25-14-8-6-5-7-13-24/h9,17-20H,5-8,10-15,24H2,1-4H3,(H,25,26). The lowest BCUT2D eigenvalue weighted by molar-refractivity contribution is -0.118. The molecule has 0 radical (unpaired) electrons. The minimum Gasteiger partial charge on any atom is -0.443 e. The molecule has 0 aromatic carbocycles. The largest absolute Gasteiger partial charge is 0.443 e. The molecule has 3 N–H and O–H groups in total. The van der Waals surface area contributed by atoms with Crippen LogP contribution < -0.4 is 11.1 Å². The van der Waals surface area contributed by atoms with Crippen LogP contribution in [-0.4, -0.2) is 62.4 Å². The van der Waals surface area contributed by atoms with Gasteiger partial charge in [-0.1, -0.05) is 24.5 Å². The third-order valence-electron chi connectivity index (χ3n) is 6.90. The van der Waals surface area contributed by atoms with Gasteiger partial charge in [0.1, 0.15) is 23.4 Å². The number of nitrogens with two attached hydrogens (primary N) is 1. The molecule has 1 spiro atoms. The minimum atomic E-state index is -0.366. The van der Waals surface area contributed by atoms with E-state index in [1.54, 1.807) is 7.11 Å². The molecule has 7 heteroatoms. The Morgan fingerprint density at radius 1 is 1.27 bits per heavy atom. The van der Waals surface area contributed by atoms with Crippen molar-refractivity contribution < 1.29 is 23.7 Å². The zero-order chi connectivity index (χ0) is 21.8. The van der Waals surface area contributed by atoms with E-state index >= 15 is 0 Å². The second-order valence-corrected chi connectivity index (χ2v) is 9.45. The highest BCUT2D eigenvalue weighted by molar-refractivity contribution is 5.67. The van der Waals surface area contributed by atoms with E-state index < -0.39 is 0 Å². The van der Waals surface area contributed by atoms with Crippen LogP contribution >= 0.6 is 0 Å². The van der Waals surface area contributed by atoms with Gasteiger partial charge in [-0.05, 0) is 59.4 Å². The van der Waals surface area contributed by atoms with Gasteiger partial charge in [0.2, 0.25) is 0 Å². The third kappa shape index (κ3) is 5.36. The van der Waals surface area contributed by atoms with Crippen molar-refractivity contribution in [1.29, 1.82) is 0 Å². The number of rotatable bonds is 11. The van der Waals surface area contributed by atoms with E-state index in [-0.39, 0.29) is 41.5 Å². The Kier molecular flexibility index (Phi) is 7.82. The number of allylic oxidation sites excluding steroid dienone is 1. The van der Waals surface area contributed by atoms with Crippen LogP contribution in [0.5, 0.6) is 0 Å². The molecule has 30 heavy (non-hydrogen) atoms. The van der Waals surface area contributed by atoms with Gasteiger partial charge in [0.25, 0.3) is 0 Å². The summed E-state index contributed by atoms with van der Waals surface area (Å²) in [6.07, 6.45) is 8.09. The minimum absolute atomic E-state index is 0.0494. The molecule has 0 aromatic rings. The van der Waals surface area contributed by atoms with E-state index in [9.17, 15) is 4.79 Å². The van der Waals surface area contributed by atoms with Gasteiger partial charge in [0.15, 0.2) is 0 Å². The van der Waals surface area contributed by atoms with Crippen molar-refractivity contribution >= 4 is 6.09 Å². The van der Waals surface area contributed by atoms with Gasteiger partial charge in [-0.3, -0.25) is 0 Å². The number of unbranched alkanes of at least 4 members (excludes halogenated alkanes) is 3. The summed E-state index contributed by atoms with van der Waals surface area (Å²) >= 11 is 0. The predicted molar refractivity (Wildman–Crippen MR) is 115 cm³/mol. The van der Waals surface area contributed by atoms with E-state index in [4.69, 9.17) is 24.7 Å². The molecule has 2 saturated heterocycles. The predicted octanol–water partition coefficient (Wildman–Crippen LogP) is 3.31. The molecule has 6 unspecified atom stereocenters. The molecule has 3 fully saturated rings. The summed E-state index contributed by atoms with van der Waals surface area (Å²) in [7, 11) is 1.70. The monoisotopic (exact) mass is 424 g/mol. The molecule has 7 nitrogen and oxygen atoms in total. The molecule has 2 heterocycles. The maximum Gasteiger partial charge on any atom is 0.407 e. The fourth-order valence-electron chi connectivity index (χ4n) is 5.06. The first-order chi connectivity index (χ1) is 14.4. The maximum absolute atomic E-state index is 12.4. The summed E-state index contributed by atoms with van der Waals surface area (Å²) < 4.78 is 23.9. The molecule has 2 aliphatic heterocycles. The average Bonchev–Trinajstić information content (AvgIpc) is 3.62. The molecule has 0 aromatic heterocycles. The van der Waals surface area contributed by atoms with Crippen molar-refractivity contribution in [3.8, 4) is 0 Å². The highest BCUT2D eigenvalue weighted by Gasteiger charge is 2.72. The number of hydrogen-bond acceptors (Lipinski definition) is 6. The molecular formula is C23H40N2O5. The average molecular weight is 425 g/mol. The molecule has 1 amide bonds. The van der Waals surface area contributed by atoms with Gasteiger partial charge in [0, 0.05) is 13.7 Å². The number of hydrogen-bond donors (Lipinski definition) is 2. The lowest BCUT2D eigenvalue weighted by Crippen LogP contribution is -2.56. The lowest BCUT2D eigenvalue weighted by atomic mass is 9.68. The number of alkyl carbamates (subject to hydrolysis) is 1. The van der Waals surface area contributed by atoms with Crippen molar-refractivity contribution in [3.05, 3.63) is 11.6 Å². The highest BCUT2D eigenvalue weighted by Crippen LogP contribution is 2.59. The summed E-state index contributed by atoms with van der Waals surface area (Å²) in [6.45, 7) is 8.43. The number of carbonyl (C=O) groups excluding carboxylic acids is 1. The Morgan fingerprint density at radius 3 is 2.63 bits per heavy atom. The van der Waals surface area contributed by atoms with Gasteiger partial charge >= 0.3 is 6.09 Å². The van der Waals surface area contributed by atoms with Crippen LogP contribution in [0, 0.1) is 5.92 Å². The van der Waals surface area contributed by atoms with Crippen LogP contribution in [0.2, 0.25) is 0 Å². The van der Waals surface area contributed by atoms with Crippen molar-refractivity contribution in [2.24, 2.45) is 11.7 Å². The van der Waals surface area contributed by atoms with Crippen LogP contribution in [0.25, 0.3) is 0 Å². The van der Waals surface area contributed by atoms with Crippen molar-refractivity contribution in [2.45, 2.75) is 95.2 Å². The zero-order valence-electron chi connectivity index (χ0n) is 19.1. The number of ether oxygens (including phenoxy) is 4. The molecular weight excluding hydrogens is 384 g/mol. The topological polar surface area (TPSA) is 98.6 Å². The fourth-order valence-corrected chi connectivity index (χ4v) is 5.06. The molecule has 3 rings (SSSR count). The van der Waals surface area contributed by atoms with Crippen LogP contribution in [-0.2, 0) is 18.9 Å². The summed E-state index contributed by atoms with van der Waals surface area (Å²) in [5.41, 5.74) is 6.28. The second kappa shape index (κ2) is 9.98. The zero-order valence-corrected chi connectivity index (χ0v) is 19.1. The fraction of sp³-hybridized carbons (Fsp3) is 0.870. The second-order valence-electron chi connectivity index (χ2n) is 9.45. The molecule has 1 aliphatic carbocycles. The quantitative estimate of drug-likeness (QED) is 0.300. The SMILES string of the molecule is COC1C(OC(=O)NCCCCCCN)CCC2(CO2)C1C1(C)OC1CC=C(C)C. The first kappa shape index (κ1) is 23.5. The Hall–Kier alpha value is -1.15. The number of methoxy groups -OCH3 is 1. The normalized spacial score (nSPS) is 37.0. The molecule has 6 atom stereocenters. The van der Waals surface area contributed by atoms with Gasteiger partial charge < -0.3 is 30.0 Å². The first-order valence-corrected chi connectivity index (χ1v) is 11.5. The Labute approximate surface area is 181 Å². The maximum atomic E-state index is 12.4. The Morgan fingerprint density at radius 2 is 2.00 bits per heavy atom. The molecule has 0 bridgehead atoms. The van der Waals surface area contributed by atoms with Gasteiger partial charge in [0.05, 0.1) is 18.6 Å². The first-order valence-electron chi connectivity index (χ1n) is 11.5. The number of nitrogens with one attached hydrogen (secondary N) is 1. The van der Waals surface area contributed by atoms with E-state index in [2.05, 4.69) is 32.2 Å². The van der Waals surface area contributed by atoms with Gasteiger partial charge in [-0.2, -0.15) is 0 Å². The summed E-state index contributed by atoms with van der Waals surface area (Å²) in [6, 6.07) is 0. The van der Waals surface area contributed by atoms with Crippen LogP contribution in [0.3, 0.4) is 0 Å². The van der Waals surface area contributed by atoms with Gasteiger partial charge in [-0.15, -0.1) is 0 Å². The highest BCUT2D eigenvalue weighted by atomic mass is 16.6. The number of epoxide rings is 2. The third-order valence-corrected chi connectivity index (χ3v) is 6.90. The summed E-state index contributed by atoms with van der Waals surface area (Å²) in [5, 5.41) is 2.88.